The van der Waals surface area contributed by atoms with Gasteiger partial charge in [-0.2, -0.15) is 0 Å². The van der Waals surface area contributed by atoms with Crippen LogP contribution in [0.25, 0.3) is 4.85 Å². The molecule has 0 spiro atoms. The Kier molecular flexibility index (Phi) is 7.64. The molecule has 3 amide bonds. The molecule has 2 aliphatic rings. The molecule has 1 aliphatic heterocycles. The van der Waals surface area contributed by atoms with Gasteiger partial charge < -0.3 is 5.32 Å². The molecular weight excluding hydrogens is 561 g/mol. The Bertz CT molecular complexity index is 1540. The van der Waals surface area contributed by atoms with Crippen molar-refractivity contribution < 1.29 is 27.6 Å². The Hall–Kier alpha value is -4.50. The second-order valence-corrected chi connectivity index (χ2v) is 10.2. The van der Waals surface area contributed by atoms with Crippen molar-refractivity contribution in [2.75, 3.05) is 9.80 Å². The number of carbonyl (C=O) groups is 3. The smallest absolute Gasteiger partial charge is 0.252 e. The number of carbonyl (C=O) groups excluding carboxylic acids is 3. The number of amides is 3. The maximum atomic E-state index is 14.4. The van der Waals surface area contributed by atoms with E-state index in [2.05, 4.69) is 20.1 Å². The molecule has 1 saturated carbocycles. The first-order valence-corrected chi connectivity index (χ1v) is 13.0. The summed E-state index contributed by atoms with van der Waals surface area (Å²) >= 11 is 6.06. The lowest BCUT2D eigenvalue weighted by Crippen LogP contribution is -2.56. The lowest BCUT2D eigenvalue weighted by Gasteiger charge is -2.39. The molecule has 0 bridgehead atoms. The molecule has 3 aromatic rings. The van der Waals surface area contributed by atoms with Crippen LogP contribution in [0.1, 0.15) is 37.3 Å². The predicted molar refractivity (Wildman–Crippen MR) is 143 cm³/mol. The number of pyridine rings is 2. The lowest BCUT2D eigenvalue weighted by molar-refractivity contribution is -0.133. The first-order valence-electron chi connectivity index (χ1n) is 12.6. The number of anilines is 2. The SMILES string of the molecule is [C-]#[N+]c1ccnc(N2C(=O)CC[C@H]2C(=O)N(c2cncc(F)c2)[C@H](C(=O)NC2CC(F)(F)C2)c2ccc(Cl)cc2)c1. The standard InChI is InChI=1S/C28H22ClF3N6O3/c1-33-19-8-9-35-23(11-19)38-22(6-7-24(38)39)27(41)37(21-10-18(30)14-34-15-21)25(16-2-4-17(29)5-3-16)26(40)36-20-12-28(31,32)13-20/h2-5,8-11,14-15,20,22,25H,6-7,12-13H2,(H,36,40)/t22-,25-/m0/s1. The van der Waals surface area contributed by atoms with Gasteiger partial charge in [0.2, 0.25) is 11.8 Å². The Morgan fingerprint density at radius 3 is 2.56 bits per heavy atom. The molecule has 2 fully saturated rings. The summed E-state index contributed by atoms with van der Waals surface area (Å²) in [5.74, 6) is -5.60. The van der Waals surface area contributed by atoms with Crippen LogP contribution in [-0.2, 0) is 14.4 Å². The Morgan fingerprint density at radius 1 is 1.17 bits per heavy atom. The third-order valence-electron chi connectivity index (χ3n) is 6.94. The zero-order valence-corrected chi connectivity index (χ0v) is 22.1. The summed E-state index contributed by atoms with van der Waals surface area (Å²) in [7, 11) is 0. The zero-order chi connectivity index (χ0) is 29.3. The van der Waals surface area contributed by atoms with Crippen LogP contribution in [-0.4, -0.2) is 45.7 Å². The van der Waals surface area contributed by atoms with Crippen molar-refractivity contribution in [2.24, 2.45) is 0 Å². The fourth-order valence-electron chi connectivity index (χ4n) is 5.02. The van der Waals surface area contributed by atoms with Gasteiger partial charge in [-0.25, -0.2) is 23.0 Å². The normalized spacial score (nSPS) is 18.8. The molecule has 2 aromatic heterocycles. The average molecular weight is 583 g/mol. The summed E-state index contributed by atoms with van der Waals surface area (Å²) in [6.07, 6.45) is 2.35. The highest BCUT2D eigenvalue weighted by molar-refractivity contribution is 6.30. The van der Waals surface area contributed by atoms with E-state index in [0.29, 0.717) is 5.02 Å². The molecule has 1 aliphatic carbocycles. The van der Waals surface area contributed by atoms with Crippen LogP contribution in [0.5, 0.6) is 0 Å². The van der Waals surface area contributed by atoms with Gasteiger partial charge >= 0.3 is 0 Å². The van der Waals surface area contributed by atoms with Crippen LogP contribution >= 0.6 is 11.6 Å². The molecule has 210 valence electrons. The number of aromatic nitrogens is 2. The number of alkyl halides is 2. The zero-order valence-electron chi connectivity index (χ0n) is 21.3. The van der Waals surface area contributed by atoms with E-state index in [9.17, 15) is 27.6 Å². The minimum Gasteiger partial charge on any atom is -0.351 e. The minimum absolute atomic E-state index is 0.0233. The molecule has 3 heterocycles. The molecule has 13 heteroatoms. The van der Waals surface area contributed by atoms with Gasteiger partial charge in [0, 0.05) is 42.6 Å². The number of hydrogen-bond acceptors (Lipinski definition) is 5. The summed E-state index contributed by atoms with van der Waals surface area (Å²) in [5.41, 5.74) is 0.369. The van der Waals surface area contributed by atoms with Crippen molar-refractivity contribution in [3.63, 3.8) is 0 Å². The van der Waals surface area contributed by atoms with Gasteiger partial charge in [-0.15, -0.1) is 0 Å². The van der Waals surface area contributed by atoms with Gasteiger partial charge in [0.05, 0.1) is 24.7 Å². The van der Waals surface area contributed by atoms with Crippen LogP contribution in [0.15, 0.2) is 61.1 Å². The molecule has 1 saturated heterocycles. The maximum absolute atomic E-state index is 14.4. The third-order valence-corrected chi connectivity index (χ3v) is 7.19. The van der Waals surface area contributed by atoms with Crippen molar-refractivity contribution in [1.82, 2.24) is 15.3 Å². The van der Waals surface area contributed by atoms with E-state index in [-0.39, 0.29) is 35.6 Å². The molecule has 5 rings (SSSR count). The van der Waals surface area contributed by atoms with Crippen LogP contribution in [0.3, 0.4) is 0 Å². The number of rotatable bonds is 7. The number of halogens is 4. The van der Waals surface area contributed by atoms with E-state index >= 15 is 0 Å². The molecule has 2 atom stereocenters. The van der Waals surface area contributed by atoms with Gasteiger partial charge in [-0.3, -0.25) is 29.2 Å². The van der Waals surface area contributed by atoms with Crippen LogP contribution < -0.4 is 15.1 Å². The van der Waals surface area contributed by atoms with E-state index in [4.69, 9.17) is 18.2 Å². The van der Waals surface area contributed by atoms with Crippen LogP contribution in [0.2, 0.25) is 5.02 Å². The number of hydrogen-bond donors (Lipinski definition) is 1. The quantitative estimate of drug-likeness (QED) is 0.395. The van der Waals surface area contributed by atoms with Crippen molar-refractivity contribution in [1.29, 1.82) is 0 Å². The van der Waals surface area contributed by atoms with E-state index in [1.165, 1.54) is 48.8 Å². The topological polar surface area (TPSA) is 99.9 Å². The summed E-state index contributed by atoms with van der Waals surface area (Å²) in [6.45, 7) is 7.29. The molecule has 0 unspecified atom stereocenters. The van der Waals surface area contributed by atoms with Crippen molar-refractivity contribution in [3.05, 3.63) is 88.9 Å². The molecule has 1 N–H and O–H groups in total. The summed E-state index contributed by atoms with van der Waals surface area (Å²) in [4.78, 5) is 54.6. The van der Waals surface area contributed by atoms with E-state index in [0.717, 1.165) is 22.1 Å². The first kappa shape index (κ1) is 28.0. The first-order chi connectivity index (χ1) is 19.6. The Labute approximate surface area is 237 Å². The Balaban J connectivity index is 1.59. The molecule has 1 aromatic carbocycles. The van der Waals surface area contributed by atoms with Gasteiger partial charge in [-0.1, -0.05) is 23.7 Å². The number of nitrogens with one attached hydrogen (secondary N) is 1. The van der Waals surface area contributed by atoms with Crippen LogP contribution in [0.4, 0.5) is 30.4 Å². The Morgan fingerprint density at radius 2 is 1.90 bits per heavy atom. The molecular formula is C28H22ClF3N6O3. The highest BCUT2D eigenvalue weighted by Crippen LogP contribution is 2.39. The highest BCUT2D eigenvalue weighted by atomic mass is 35.5. The van der Waals surface area contributed by atoms with Crippen LogP contribution in [0, 0.1) is 12.4 Å². The van der Waals surface area contributed by atoms with E-state index in [1.807, 2.05) is 0 Å². The summed E-state index contributed by atoms with van der Waals surface area (Å²) in [6, 6.07) is 6.33. The minimum atomic E-state index is -2.91. The van der Waals surface area contributed by atoms with Gasteiger partial charge in [-0.05, 0) is 36.2 Å². The predicted octanol–water partition coefficient (Wildman–Crippen LogP) is 5.00. The van der Waals surface area contributed by atoms with E-state index in [1.54, 1.807) is 0 Å². The summed E-state index contributed by atoms with van der Waals surface area (Å²) in [5, 5.41) is 2.92. The fraction of sp³-hybridized carbons (Fsp3) is 0.286. The molecule has 0 radical (unpaired) electrons. The monoisotopic (exact) mass is 582 g/mol. The number of benzene rings is 1. The van der Waals surface area contributed by atoms with Crippen molar-refractivity contribution >= 4 is 46.5 Å². The maximum Gasteiger partial charge on any atom is 0.252 e. The summed E-state index contributed by atoms with van der Waals surface area (Å²) < 4.78 is 41.6. The van der Waals surface area contributed by atoms with Crippen molar-refractivity contribution in [2.45, 2.75) is 49.7 Å². The van der Waals surface area contributed by atoms with E-state index < -0.39 is 60.4 Å². The van der Waals surface area contributed by atoms with Crippen molar-refractivity contribution in [3.8, 4) is 0 Å². The molecule has 41 heavy (non-hydrogen) atoms. The fourth-order valence-corrected chi connectivity index (χ4v) is 5.14. The average Bonchev–Trinajstić information content (AvgIpc) is 3.32. The van der Waals surface area contributed by atoms with Gasteiger partial charge in [0.25, 0.3) is 11.8 Å². The second kappa shape index (κ2) is 11.2. The largest absolute Gasteiger partial charge is 0.351 e. The lowest BCUT2D eigenvalue weighted by atomic mass is 9.87. The second-order valence-electron chi connectivity index (χ2n) is 9.80. The van der Waals surface area contributed by atoms with Gasteiger partial charge in [0.1, 0.15) is 23.7 Å². The highest BCUT2D eigenvalue weighted by Gasteiger charge is 2.48. The third kappa shape index (κ3) is 5.85. The molecule has 9 nitrogen and oxygen atoms in total. The number of nitrogens with zero attached hydrogens (tertiary/aromatic N) is 5. The van der Waals surface area contributed by atoms with Gasteiger partial charge in [0.15, 0.2) is 5.69 Å².